The van der Waals surface area contributed by atoms with Crippen molar-refractivity contribution in [2.75, 3.05) is 0 Å². The second kappa shape index (κ2) is 14.2. The lowest BCUT2D eigenvalue weighted by Crippen LogP contribution is -2.25. The summed E-state index contributed by atoms with van der Waals surface area (Å²) in [5, 5.41) is 0. The molecule has 0 amide bonds. The smallest absolute Gasteiger partial charge is 0.314 e. The molecule has 1 heterocycles. The van der Waals surface area contributed by atoms with Crippen molar-refractivity contribution in [2.45, 2.75) is 104 Å². The van der Waals surface area contributed by atoms with Crippen LogP contribution in [0.3, 0.4) is 0 Å². The predicted molar refractivity (Wildman–Crippen MR) is 137 cm³/mol. The van der Waals surface area contributed by atoms with E-state index in [1.54, 1.807) is 0 Å². The highest BCUT2D eigenvalue weighted by atomic mass is 16.5. The van der Waals surface area contributed by atoms with Crippen LogP contribution in [0, 0.1) is 11.8 Å². The van der Waals surface area contributed by atoms with Gasteiger partial charge in [-0.1, -0.05) is 71.3 Å². The van der Waals surface area contributed by atoms with Crippen LogP contribution in [0.25, 0.3) is 11.3 Å². The van der Waals surface area contributed by atoms with Crippen molar-refractivity contribution in [3.63, 3.8) is 0 Å². The van der Waals surface area contributed by atoms with E-state index < -0.39 is 0 Å². The third-order valence-electron chi connectivity index (χ3n) is 7.16. The second-order valence-corrected chi connectivity index (χ2v) is 9.87. The number of nitrogens with zero attached hydrogens (tertiary/aromatic N) is 1. The number of pyridine rings is 1. The molecule has 0 radical (unpaired) electrons. The highest BCUT2D eigenvalue weighted by molar-refractivity contribution is 5.75. The molecule has 1 aromatic heterocycles. The fourth-order valence-corrected chi connectivity index (χ4v) is 4.94. The first kappa shape index (κ1) is 25.5. The van der Waals surface area contributed by atoms with Crippen molar-refractivity contribution in [2.24, 2.45) is 11.8 Å². The Labute approximate surface area is 201 Å². The lowest BCUT2D eigenvalue weighted by Gasteiger charge is -2.27. The Morgan fingerprint density at radius 3 is 2.21 bits per heavy atom. The van der Waals surface area contributed by atoms with Gasteiger partial charge in [-0.2, -0.15) is 0 Å². The third kappa shape index (κ3) is 8.61. The maximum Gasteiger partial charge on any atom is 0.314 e. The standard InChI is InChI=1S/C30H43NO2/c1-3-5-7-8-10-12-25-15-22-29(31-23-25)26-18-20-28(21-19-26)33-30(32)27-16-13-24(14-17-27)11-9-6-4-2/h15,18-24,27H,3-14,16-17H2,1-2H3/t24-,27-. The van der Waals surface area contributed by atoms with Crippen molar-refractivity contribution in [1.29, 1.82) is 0 Å². The summed E-state index contributed by atoms with van der Waals surface area (Å²) in [4.78, 5) is 17.3. The number of rotatable bonds is 13. The highest BCUT2D eigenvalue weighted by Crippen LogP contribution is 2.33. The van der Waals surface area contributed by atoms with Crippen LogP contribution < -0.4 is 4.74 Å². The van der Waals surface area contributed by atoms with Gasteiger partial charge < -0.3 is 4.74 Å². The van der Waals surface area contributed by atoms with Gasteiger partial charge in [-0.15, -0.1) is 0 Å². The third-order valence-corrected chi connectivity index (χ3v) is 7.16. The minimum absolute atomic E-state index is 0.0586. The zero-order valence-corrected chi connectivity index (χ0v) is 20.9. The van der Waals surface area contributed by atoms with Gasteiger partial charge in [0.15, 0.2) is 0 Å². The molecule has 1 saturated carbocycles. The maximum atomic E-state index is 12.6. The fourth-order valence-electron chi connectivity index (χ4n) is 4.94. The fraction of sp³-hybridized carbons (Fsp3) is 0.600. The number of unbranched alkanes of at least 4 members (excludes halogenated alkanes) is 6. The molecule has 3 nitrogen and oxygen atoms in total. The number of esters is 1. The quantitative estimate of drug-likeness (QED) is 0.175. The van der Waals surface area contributed by atoms with Crippen LogP contribution in [0.2, 0.25) is 0 Å². The summed E-state index contributed by atoms with van der Waals surface area (Å²) in [5.74, 6) is 1.44. The van der Waals surface area contributed by atoms with Crippen molar-refractivity contribution < 1.29 is 9.53 Å². The van der Waals surface area contributed by atoms with Crippen LogP contribution in [0.4, 0.5) is 0 Å². The largest absolute Gasteiger partial charge is 0.426 e. The average molecular weight is 450 g/mol. The molecule has 0 atom stereocenters. The molecule has 33 heavy (non-hydrogen) atoms. The molecule has 180 valence electrons. The molecule has 1 aliphatic carbocycles. The van der Waals surface area contributed by atoms with E-state index in [0.717, 1.165) is 36.4 Å². The van der Waals surface area contributed by atoms with Gasteiger partial charge in [-0.3, -0.25) is 9.78 Å². The van der Waals surface area contributed by atoms with Crippen molar-refractivity contribution in [3.8, 4) is 17.0 Å². The zero-order chi connectivity index (χ0) is 23.3. The van der Waals surface area contributed by atoms with Gasteiger partial charge >= 0.3 is 5.97 Å². The van der Waals surface area contributed by atoms with Crippen LogP contribution in [-0.2, 0) is 11.2 Å². The summed E-state index contributed by atoms with van der Waals surface area (Å²) < 4.78 is 5.71. The van der Waals surface area contributed by atoms with E-state index in [4.69, 9.17) is 4.74 Å². The SMILES string of the molecule is CCCCCCCc1ccc(-c2ccc(OC(=O)[C@H]3CC[C@H](CCCCC)CC3)cc2)nc1. The molecule has 0 spiro atoms. The number of hydrogen-bond donors (Lipinski definition) is 0. The van der Waals surface area contributed by atoms with E-state index in [0.29, 0.717) is 5.75 Å². The first-order chi connectivity index (χ1) is 16.2. The van der Waals surface area contributed by atoms with Crippen LogP contribution >= 0.6 is 0 Å². The van der Waals surface area contributed by atoms with Crippen LogP contribution in [0.15, 0.2) is 42.6 Å². The molecular weight excluding hydrogens is 406 g/mol. The molecule has 0 N–H and O–H groups in total. The predicted octanol–water partition coefficient (Wildman–Crippen LogP) is 8.55. The van der Waals surface area contributed by atoms with Crippen molar-refractivity contribution >= 4 is 5.97 Å². The molecule has 3 rings (SSSR count). The number of ether oxygens (including phenoxy) is 1. The summed E-state index contributed by atoms with van der Waals surface area (Å²) in [6, 6.07) is 12.1. The minimum atomic E-state index is -0.0591. The van der Waals surface area contributed by atoms with Gasteiger partial charge in [0.2, 0.25) is 0 Å². The van der Waals surface area contributed by atoms with Crippen molar-refractivity contribution in [1.82, 2.24) is 4.98 Å². The van der Waals surface area contributed by atoms with Gasteiger partial charge in [-0.05, 0) is 80.3 Å². The molecule has 0 bridgehead atoms. The van der Waals surface area contributed by atoms with Crippen LogP contribution in [0.5, 0.6) is 5.75 Å². The zero-order valence-electron chi connectivity index (χ0n) is 20.9. The number of carbonyl (C=O) groups is 1. The van der Waals surface area contributed by atoms with Gasteiger partial charge in [0.05, 0.1) is 11.6 Å². The highest BCUT2D eigenvalue weighted by Gasteiger charge is 2.27. The van der Waals surface area contributed by atoms with Crippen molar-refractivity contribution in [3.05, 3.63) is 48.2 Å². The Morgan fingerprint density at radius 2 is 1.55 bits per heavy atom. The first-order valence-corrected chi connectivity index (χ1v) is 13.5. The van der Waals surface area contributed by atoms with Gasteiger partial charge in [0.25, 0.3) is 0 Å². The summed E-state index contributed by atoms with van der Waals surface area (Å²) in [6.45, 7) is 4.50. The second-order valence-electron chi connectivity index (χ2n) is 9.87. The Morgan fingerprint density at radius 1 is 0.848 bits per heavy atom. The molecule has 1 fully saturated rings. The minimum Gasteiger partial charge on any atom is -0.426 e. The Balaban J connectivity index is 1.43. The summed E-state index contributed by atoms with van der Waals surface area (Å²) in [5.41, 5.74) is 3.32. The molecule has 0 unspecified atom stereocenters. The average Bonchev–Trinajstić information content (AvgIpc) is 2.85. The number of aromatic nitrogens is 1. The molecule has 0 saturated heterocycles. The van der Waals surface area contributed by atoms with Crippen LogP contribution in [-0.4, -0.2) is 11.0 Å². The number of hydrogen-bond acceptors (Lipinski definition) is 3. The van der Waals surface area contributed by atoms with Gasteiger partial charge in [0, 0.05) is 11.8 Å². The Hall–Kier alpha value is -2.16. The van der Waals surface area contributed by atoms with E-state index in [2.05, 4.69) is 31.0 Å². The van der Waals surface area contributed by atoms with E-state index >= 15 is 0 Å². The first-order valence-electron chi connectivity index (χ1n) is 13.5. The maximum absolute atomic E-state index is 12.6. The van der Waals surface area contributed by atoms with E-state index in [1.165, 1.54) is 76.2 Å². The molecule has 1 aromatic carbocycles. The summed E-state index contributed by atoms with van der Waals surface area (Å²) in [6.07, 6.45) is 19.2. The number of carbonyl (C=O) groups excluding carboxylic acids is 1. The van der Waals surface area contributed by atoms with Gasteiger partial charge in [-0.25, -0.2) is 0 Å². The van der Waals surface area contributed by atoms with E-state index in [9.17, 15) is 4.79 Å². The number of aryl methyl sites for hydroxylation is 1. The van der Waals surface area contributed by atoms with E-state index in [-0.39, 0.29) is 11.9 Å². The molecule has 2 aromatic rings. The summed E-state index contributed by atoms with van der Waals surface area (Å²) in [7, 11) is 0. The lowest BCUT2D eigenvalue weighted by atomic mass is 9.80. The monoisotopic (exact) mass is 449 g/mol. The van der Waals surface area contributed by atoms with E-state index in [1.807, 2.05) is 30.5 Å². The lowest BCUT2D eigenvalue weighted by molar-refractivity contribution is -0.140. The topological polar surface area (TPSA) is 39.2 Å². The Bertz CT molecular complexity index is 804. The number of benzene rings is 1. The molecule has 1 aliphatic rings. The van der Waals surface area contributed by atoms with Crippen LogP contribution in [0.1, 0.15) is 103 Å². The Kier molecular flexibility index (Phi) is 10.9. The van der Waals surface area contributed by atoms with Gasteiger partial charge in [0.1, 0.15) is 5.75 Å². The molecular formula is C30H43NO2. The normalized spacial score (nSPS) is 18.2. The molecule has 0 aliphatic heterocycles. The molecule has 3 heteroatoms. The summed E-state index contributed by atoms with van der Waals surface area (Å²) >= 11 is 0.